The average molecular weight is 250 g/mol. The number of carbonyl (C=O) groups excluding carboxylic acids is 1. The van der Waals surface area contributed by atoms with Gasteiger partial charge >= 0.3 is 0 Å². The quantitative estimate of drug-likeness (QED) is 0.813. The highest BCUT2D eigenvalue weighted by Gasteiger charge is 2.16. The molecule has 0 unspecified atom stereocenters. The molecule has 1 aliphatic rings. The number of aromatic nitrogens is 1. The highest BCUT2D eigenvalue weighted by molar-refractivity contribution is 5.83. The van der Waals surface area contributed by atoms with E-state index < -0.39 is 0 Å². The van der Waals surface area contributed by atoms with E-state index in [0.717, 1.165) is 25.1 Å². The molecule has 0 bridgehead atoms. The molecule has 1 saturated heterocycles. The second-order valence-electron chi connectivity index (χ2n) is 4.61. The van der Waals surface area contributed by atoms with Crippen molar-refractivity contribution in [3.8, 4) is 0 Å². The van der Waals surface area contributed by atoms with Crippen molar-refractivity contribution < 1.29 is 9.53 Å². The van der Waals surface area contributed by atoms with Crippen molar-refractivity contribution in [3.05, 3.63) is 27.7 Å². The number of carbonyl (C=O) groups is 1. The average Bonchev–Trinajstić information content (AvgIpc) is 2.86. The molecule has 2 rings (SSSR count). The molecule has 5 heteroatoms. The molecule has 1 atom stereocenters. The zero-order valence-corrected chi connectivity index (χ0v) is 10.7. The predicted octanol–water partition coefficient (Wildman–Crippen LogP) is 1.10. The number of pyridine rings is 1. The number of rotatable bonds is 4. The third-order valence-corrected chi connectivity index (χ3v) is 3.37. The van der Waals surface area contributed by atoms with Crippen molar-refractivity contribution in [1.82, 2.24) is 4.57 Å². The van der Waals surface area contributed by atoms with Gasteiger partial charge in [0.05, 0.1) is 11.8 Å². The molecule has 0 spiro atoms. The van der Waals surface area contributed by atoms with Crippen molar-refractivity contribution in [2.45, 2.75) is 25.9 Å². The SMILES string of the molecule is Cc1cc(NC[C@@H]2CCCO2)c(C=O)c(=O)n1C. The summed E-state index contributed by atoms with van der Waals surface area (Å²) < 4.78 is 6.97. The van der Waals surface area contributed by atoms with Crippen LogP contribution >= 0.6 is 0 Å². The van der Waals surface area contributed by atoms with Gasteiger partial charge in [-0.05, 0) is 25.8 Å². The van der Waals surface area contributed by atoms with Crippen molar-refractivity contribution in [2.24, 2.45) is 7.05 Å². The minimum atomic E-state index is -0.264. The number of nitrogens with zero attached hydrogens (tertiary/aromatic N) is 1. The molecule has 1 aromatic rings. The van der Waals surface area contributed by atoms with Gasteiger partial charge < -0.3 is 14.6 Å². The van der Waals surface area contributed by atoms with Gasteiger partial charge in [0.1, 0.15) is 5.56 Å². The van der Waals surface area contributed by atoms with Gasteiger partial charge in [-0.3, -0.25) is 9.59 Å². The lowest BCUT2D eigenvalue weighted by Crippen LogP contribution is -2.26. The third kappa shape index (κ3) is 2.46. The minimum Gasteiger partial charge on any atom is -0.382 e. The molecule has 18 heavy (non-hydrogen) atoms. The van der Waals surface area contributed by atoms with Crippen molar-refractivity contribution in [3.63, 3.8) is 0 Å². The molecule has 0 saturated carbocycles. The summed E-state index contributed by atoms with van der Waals surface area (Å²) in [5, 5.41) is 3.15. The summed E-state index contributed by atoms with van der Waals surface area (Å²) in [5.74, 6) is 0. The number of hydrogen-bond donors (Lipinski definition) is 1. The Hall–Kier alpha value is -1.62. The number of hydrogen-bond acceptors (Lipinski definition) is 4. The molecule has 0 aliphatic carbocycles. The van der Waals surface area contributed by atoms with Gasteiger partial charge in [0.2, 0.25) is 0 Å². The summed E-state index contributed by atoms with van der Waals surface area (Å²) in [6.07, 6.45) is 2.88. The molecular formula is C13H18N2O3. The summed E-state index contributed by atoms with van der Waals surface area (Å²) >= 11 is 0. The van der Waals surface area contributed by atoms with E-state index in [-0.39, 0.29) is 17.2 Å². The number of aldehydes is 1. The Morgan fingerprint density at radius 2 is 2.39 bits per heavy atom. The normalized spacial score (nSPS) is 18.9. The van der Waals surface area contributed by atoms with Crippen molar-refractivity contribution >= 4 is 12.0 Å². The van der Waals surface area contributed by atoms with Crippen LogP contribution in [-0.2, 0) is 11.8 Å². The van der Waals surface area contributed by atoms with E-state index in [0.29, 0.717) is 18.5 Å². The van der Waals surface area contributed by atoms with E-state index >= 15 is 0 Å². The molecule has 5 nitrogen and oxygen atoms in total. The molecule has 0 radical (unpaired) electrons. The zero-order chi connectivity index (χ0) is 13.1. The summed E-state index contributed by atoms with van der Waals surface area (Å²) in [7, 11) is 1.66. The fourth-order valence-electron chi connectivity index (χ4n) is 2.13. The Morgan fingerprint density at radius 1 is 1.61 bits per heavy atom. The van der Waals surface area contributed by atoms with Gasteiger partial charge in [0.15, 0.2) is 6.29 Å². The highest BCUT2D eigenvalue weighted by Crippen LogP contribution is 2.15. The molecule has 0 aromatic carbocycles. The Balaban J connectivity index is 2.21. The Bertz CT molecular complexity index is 502. The van der Waals surface area contributed by atoms with Crippen LogP contribution in [0.5, 0.6) is 0 Å². The Morgan fingerprint density at radius 3 is 3.00 bits per heavy atom. The van der Waals surface area contributed by atoms with Gasteiger partial charge in [-0.1, -0.05) is 0 Å². The van der Waals surface area contributed by atoms with Crippen LogP contribution < -0.4 is 10.9 Å². The molecule has 1 aromatic heterocycles. The fourth-order valence-corrected chi connectivity index (χ4v) is 2.13. The molecule has 0 amide bonds. The second-order valence-corrected chi connectivity index (χ2v) is 4.61. The maximum Gasteiger partial charge on any atom is 0.263 e. The first-order valence-electron chi connectivity index (χ1n) is 6.14. The smallest absolute Gasteiger partial charge is 0.263 e. The number of anilines is 1. The van der Waals surface area contributed by atoms with Crippen LogP contribution in [0.2, 0.25) is 0 Å². The second kappa shape index (κ2) is 5.35. The summed E-state index contributed by atoms with van der Waals surface area (Å²) in [6, 6.07) is 1.82. The van der Waals surface area contributed by atoms with E-state index in [4.69, 9.17) is 4.74 Å². The molecule has 1 aliphatic heterocycles. The molecule has 1 N–H and O–H groups in total. The lowest BCUT2D eigenvalue weighted by Gasteiger charge is -2.15. The largest absolute Gasteiger partial charge is 0.382 e. The van der Waals surface area contributed by atoms with Gasteiger partial charge in [-0.15, -0.1) is 0 Å². The topological polar surface area (TPSA) is 60.3 Å². The first-order chi connectivity index (χ1) is 8.63. The van der Waals surface area contributed by atoms with Crippen LogP contribution in [0.15, 0.2) is 10.9 Å². The first-order valence-corrected chi connectivity index (χ1v) is 6.14. The Kier molecular flexibility index (Phi) is 3.81. The maximum absolute atomic E-state index is 11.9. The third-order valence-electron chi connectivity index (χ3n) is 3.37. The van der Waals surface area contributed by atoms with Crippen LogP contribution in [0.1, 0.15) is 28.9 Å². The van der Waals surface area contributed by atoms with Crippen LogP contribution in [0.4, 0.5) is 5.69 Å². The van der Waals surface area contributed by atoms with Crippen molar-refractivity contribution in [1.29, 1.82) is 0 Å². The van der Waals surface area contributed by atoms with Crippen LogP contribution in [0.25, 0.3) is 0 Å². The predicted molar refractivity (Wildman–Crippen MR) is 69.3 cm³/mol. The lowest BCUT2D eigenvalue weighted by atomic mass is 10.2. The Labute approximate surface area is 106 Å². The van der Waals surface area contributed by atoms with Gasteiger partial charge in [0, 0.05) is 25.9 Å². The zero-order valence-electron chi connectivity index (χ0n) is 10.7. The minimum absolute atomic E-state index is 0.175. The van der Waals surface area contributed by atoms with E-state index in [2.05, 4.69) is 5.32 Å². The standard InChI is InChI=1S/C13H18N2O3/c1-9-6-12(11(8-16)13(17)15(9)2)14-7-10-4-3-5-18-10/h6,8,10,14H,3-5,7H2,1-2H3/t10-/m0/s1. The monoisotopic (exact) mass is 250 g/mol. The summed E-state index contributed by atoms with van der Waals surface area (Å²) in [5.41, 5.74) is 1.34. The van der Waals surface area contributed by atoms with Crippen LogP contribution in [0.3, 0.4) is 0 Å². The van der Waals surface area contributed by atoms with E-state index in [1.54, 1.807) is 7.05 Å². The lowest BCUT2D eigenvalue weighted by molar-refractivity contribution is 0.112. The molecular weight excluding hydrogens is 232 g/mol. The van der Waals surface area contributed by atoms with Crippen LogP contribution in [0, 0.1) is 6.92 Å². The van der Waals surface area contributed by atoms with Crippen LogP contribution in [-0.4, -0.2) is 30.1 Å². The number of nitrogens with one attached hydrogen (secondary N) is 1. The summed E-state index contributed by atoms with van der Waals surface area (Å²) in [6.45, 7) is 3.27. The van der Waals surface area contributed by atoms with E-state index in [9.17, 15) is 9.59 Å². The molecule has 2 heterocycles. The summed E-state index contributed by atoms with van der Waals surface area (Å²) in [4.78, 5) is 22.9. The molecule has 1 fully saturated rings. The van der Waals surface area contributed by atoms with Gasteiger partial charge in [-0.2, -0.15) is 0 Å². The number of aryl methyl sites for hydroxylation is 1. The van der Waals surface area contributed by atoms with Gasteiger partial charge in [-0.25, -0.2) is 0 Å². The molecule has 98 valence electrons. The fraction of sp³-hybridized carbons (Fsp3) is 0.538. The first kappa shape index (κ1) is 12.8. The number of ether oxygens (including phenoxy) is 1. The highest BCUT2D eigenvalue weighted by atomic mass is 16.5. The van der Waals surface area contributed by atoms with E-state index in [1.165, 1.54) is 4.57 Å². The van der Waals surface area contributed by atoms with Crippen molar-refractivity contribution in [2.75, 3.05) is 18.5 Å². The maximum atomic E-state index is 11.9. The van der Waals surface area contributed by atoms with E-state index in [1.807, 2.05) is 13.0 Å². The van der Waals surface area contributed by atoms with Gasteiger partial charge in [0.25, 0.3) is 5.56 Å².